The van der Waals surface area contributed by atoms with Crippen molar-refractivity contribution in [3.8, 4) is 5.75 Å². The van der Waals surface area contributed by atoms with Gasteiger partial charge in [-0.25, -0.2) is 14.4 Å². The number of benzene rings is 3. The van der Waals surface area contributed by atoms with E-state index in [2.05, 4.69) is 67.6 Å². The minimum absolute atomic E-state index is 0.0495. The van der Waals surface area contributed by atoms with E-state index in [4.69, 9.17) is 37.3 Å². The van der Waals surface area contributed by atoms with Crippen LogP contribution in [0.15, 0.2) is 108 Å². The molecule has 3 aromatic carbocycles. The molecule has 4 bridgehead atoms. The molecule has 3 fully saturated rings. The van der Waals surface area contributed by atoms with Crippen molar-refractivity contribution in [2.75, 3.05) is 13.2 Å². The lowest BCUT2D eigenvalue weighted by Gasteiger charge is -2.68. The summed E-state index contributed by atoms with van der Waals surface area (Å²) in [5.41, 5.74) is -6.75. The average molecular weight is 1160 g/mol. The average Bonchev–Trinajstić information content (AvgIpc) is 0.725. The Kier molecular flexibility index (Phi) is 18.3. The highest BCUT2D eigenvalue weighted by Gasteiger charge is 2.79. The number of hydrogen-bond donors (Lipinski definition) is 2. The van der Waals surface area contributed by atoms with E-state index in [-0.39, 0.29) is 53.1 Å². The Morgan fingerprint density at radius 3 is 1.94 bits per heavy atom. The lowest BCUT2D eigenvalue weighted by atomic mass is 9.44. The monoisotopic (exact) mass is 1160 g/mol. The third kappa shape index (κ3) is 10.8. The summed E-state index contributed by atoms with van der Waals surface area (Å²) >= 11 is 0. The quantitative estimate of drug-likeness (QED) is 0.0628. The SMILES string of the molecule is CC[Si](CC)(CC)O[C@H]1C[C@H]2OC[C@]23OC(=O)/C=C\COc2ccccc2[C@H](NC(=O)c2ccccc2)[C@@H](O[Si](C(C)C)(C(C)C)C(C)C)C(=O)O[C@H]2C[C@@]4(O)[C@@H](OC(=O)c5ccccc5)[C@H]3[C@]1(C)C(=O)[C@H](OC(C)=O)C(=C2C)C4(C)C. The number of nitrogens with one attached hydrogen (secondary N) is 1. The van der Waals surface area contributed by atoms with Crippen molar-refractivity contribution in [1.29, 1.82) is 0 Å². The van der Waals surface area contributed by atoms with Gasteiger partial charge >= 0.3 is 23.9 Å². The number of carbonyl (C=O) groups excluding carboxylic acids is 6. The van der Waals surface area contributed by atoms with Gasteiger partial charge in [-0.05, 0) is 96.2 Å². The van der Waals surface area contributed by atoms with Crippen molar-refractivity contribution in [1.82, 2.24) is 5.32 Å². The van der Waals surface area contributed by atoms with Crippen LogP contribution in [0.5, 0.6) is 5.75 Å². The molecule has 2 N–H and O–H groups in total. The topological polar surface area (TPSA) is 209 Å². The van der Waals surface area contributed by atoms with Gasteiger partial charge in [0.05, 0.1) is 35.6 Å². The zero-order valence-electron chi connectivity index (χ0n) is 50.2. The molecule has 1 saturated heterocycles. The molecule has 8 rings (SSSR count). The van der Waals surface area contributed by atoms with Crippen LogP contribution in [0.2, 0.25) is 34.8 Å². The molecule has 2 heterocycles. The van der Waals surface area contributed by atoms with Gasteiger partial charge in [-0.2, -0.15) is 0 Å². The Balaban J connectivity index is 1.46. The van der Waals surface area contributed by atoms with Crippen molar-refractivity contribution in [3.05, 3.63) is 125 Å². The maximum Gasteiger partial charge on any atom is 0.338 e. The van der Waals surface area contributed by atoms with E-state index >= 15 is 14.4 Å². The first-order valence-electron chi connectivity index (χ1n) is 29.3. The van der Waals surface area contributed by atoms with Gasteiger partial charge < -0.3 is 47.7 Å². The maximum atomic E-state index is 16.9. The van der Waals surface area contributed by atoms with Gasteiger partial charge in [-0.1, -0.05) is 131 Å². The largest absolute Gasteiger partial charge is 0.489 e. The highest BCUT2D eigenvalue weighted by atomic mass is 28.4. The summed E-state index contributed by atoms with van der Waals surface area (Å²) in [6.07, 6.45) is -6.28. The molecule has 0 unspecified atom stereocenters. The molecule has 444 valence electrons. The number of amides is 1. The molecule has 16 nitrogen and oxygen atoms in total. The summed E-state index contributed by atoms with van der Waals surface area (Å²) in [4.78, 5) is 91.5. The normalized spacial score (nSPS) is 30.5. The number of ketones is 1. The fourth-order valence-electron chi connectivity index (χ4n) is 14.8. The molecule has 2 saturated carbocycles. The molecule has 0 radical (unpaired) electrons. The molecule has 82 heavy (non-hydrogen) atoms. The van der Waals surface area contributed by atoms with Crippen LogP contribution in [0, 0.1) is 16.7 Å². The second kappa shape index (κ2) is 24.1. The Bertz CT molecular complexity index is 2910. The van der Waals surface area contributed by atoms with Gasteiger partial charge in [-0.15, -0.1) is 0 Å². The second-order valence-corrected chi connectivity index (χ2v) is 34.9. The number of Topliss-reactive ketones (excluding diaryl/α,β-unsaturated/α-hetero) is 1. The van der Waals surface area contributed by atoms with Crippen LogP contribution in [0.1, 0.15) is 142 Å². The van der Waals surface area contributed by atoms with E-state index in [1.807, 2.05) is 0 Å². The van der Waals surface area contributed by atoms with Gasteiger partial charge in [0.2, 0.25) is 8.32 Å². The lowest BCUT2D eigenvalue weighted by Crippen LogP contribution is -2.82. The molecule has 2 aliphatic heterocycles. The van der Waals surface area contributed by atoms with Gasteiger partial charge in [0.15, 0.2) is 31.9 Å². The number of carbonyl (C=O) groups is 6. The molecular formula is C64H85NO15Si2. The first-order chi connectivity index (χ1) is 38.7. The molecular weight excluding hydrogens is 1080 g/mol. The maximum absolute atomic E-state index is 16.9. The van der Waals surface area contributed by atoms with Crippen molar-refractivity contribution in [3.63, 3.8) is 0 Å². The van der Waals surface area contributed by atoms with E-state index < -0.39 is 129 Å². The van der Waals surface area contributed by atoms with Crippen molar-refractivity contribution < 1.29 is 71.1 Å². The van der Waals surface area contributed by atoms with E-state index in [1.54, 1.807) is 113 Å². The molecule has 11 atom stereocenters. The lowest BCUT2D eigenvalue weighted by molar-refractivity contribution is -0.344. The third-order valence-corrected chi connectivity index (χ3v) is 30.2. The molecule has 3 aliphatic carbocycles. The third-order valence-electron chi connectivity index (χ3n) is 19.4. The van der Waals surface area contributed by atoms with Crippen molar-refractivity contribution in [2.45, 2.75) is 198 Å². The highest BCUT2D eigenvalue weighted by molar-refractivity contribution is 6.77. The summed E-state index contributed by atoms with van der Waals surface area (Å²) in [5, 5.41) is 17.8. The van der Waals surface area contributed by atoms with Crippen LogP contribution < -0.4 is 10.1 Å². The van der Waals surface area contributed by atoms with E-state index in [0.717, 1.165) is 0 Å². The molecule has 18 heteroatoms. The van der Waals surface area contributed by atoms with Crippen molar-refractivity contribution in [2.24, 2.45) is 16.7 Å². The fraction of sp³-hybridized carbons (Fsp3) is 0.562. The van der Waals surface area contributed by atoms with Crippen molar-refractivity contribution >= 4 is 52.2 Å². The summed E-state index contributed by atoms with van der Waals surface area (Å²) < 4.78 is 54.9. The summed E-state index contributed by atoms with van der Waals surface area (Å²) in [6.45, 7) is 26.1. The summed E-state index contributed by atoms with van der Waals surface area (Å²) in [5.74, 6) is -5.82. The minimum atomic E-state index is -3.16. The van der Waals surface area contributed by atoms with Crippen LogP contribution in [-0.2, 0) is 51.7 Å². The predicted molar refractivity (Wildman–Crippen MR) is 313 cm³/mol. The Morgan fingerprint density at radius 1 is 0.793 bits per heavy atom. The van der Waals surface area contributed by atoms with Crippen LogP contribution >= 0.6 is 0 Å². The number of rotatable bonds is 15. The van der Waals surface area contributed by atoms with Crippen LogP contribution in [-0.4, -0.2) is 118 Å². The minimum Gasteiger partial charge on any atom is -0.489 e. The second-order valence-electron chi connectivity index (χ2n) is 24.8. The molecule has 0 aromatic heterocycles. The van der Waals surface area contributed by atoms with Gasteiger partial charge in [0, 0.05) is 42.4 Å². The number of ether oxygens (including phenoxy) is 6. The smallest absolute Gasteiger partial charge is 0.338 e. The van der Waals surface area contributed by atoms with E-state index in [0.29, 0.717) is 34.8 Å². The van der Waals surface area contributed by atoms with E-state index in [1.165, 1.54) is 19.1 Å². The van der Waals surface area contributed by atoms with Crippen LogP contribution in [0.4, 0.5) is 0 Å². The Labute approximate surface area is 485 Å². The van der Waals surface area contributed by atoms with Crippen LogP contribution in [0.25, 0.3) is 0 Å². The van der Waals surface area contributed by atoms with E-state index in [9.17, 15) is 19.5 Å². The van der Waals surface area contributed by atoms with Crippen LogP contribution in [0.3, 0.4) is 0 Å². The molecule has 1 amide bonds. The molecule has 1 spiro atoms. The van der Waals surface area contributed by atoms with Gasteiger partial charge in [-0.3, -0.25) is 14.4 Å². The fourth-order valence-corrected chi connectivity index (χ4v) is 23.2. The molecule has 5 aliphatic rings. The molecule has 3 aromatic rings. The van der Waals surface area contributed by atoms with Gasteiger partial charge in [0.1, 0.15) is 36.3 Å². The highest BCUT2D eigenvalue weighted by Crippen LogP contribution is 2.65. The number of esters is 4. The zero-order valence-corrected chi connectivity index (χ0v) is 52.2. The Morgan fingerprint density at radius 2 is 1.38 bits per heavy atom. The summed E-state index contributed by atoms with van der Waals surface area (Å²) in [7, 11) is -5.86. The first kappa shape index (κ1) is 62.3. The predicted octanol–water partition coefficient (Wildman–Crippen LogP) is 10.9. The first-order valence-corrected chi connectivity index (χ1v) is 34.0. The van der Waals surface area contributed by atoms with Gasteiger partial charge in [0.25, 0.3) is 5.91 Å². The standard InChI is InChI=1S/C64H85NO15Si2/c1-15-81(16-2,17-3)79-48-35-49-63(37-74-49)55-57(77-59(70)44-29-22-19-23-30-44)64(72)36-47(41(10)51(61(64,12)13)53(75-42(11)66)56(68)62(48,55)14)76-60(71)54(80-82(38(4)5,39(6)7)40(8)9)52(65-58(69)43-27-20-18-21-28-43)45-31-24-25-32-46(45)73-34-26-33-50(67)78-63/h18-33,38-40,47-49,52-55,57,72H,15-17,34-37H2,1-14H3,(H,65,69)/b33-26-/t47-,48-,49+,52-,53+,54+,55-,57-,62+,63-,64+/m0/s1. The number of hydrogen-bond acceptors (Lipinski definition) is 15. The Hall–Kier alpha value is -5.77. The zero-order chi connectivity index (χ0) is 59.9. The summed E-state index contributed by atoms with van der Waals surface area (Å²) in [6, 6.07) is 24.5. The number of para-hydroxylation sites is 1. The number of fused-ring (bicyclic) bond motifs is 3. The number of aliphatic hydroxyl groups is 1.